The topological polar surface area (TPSA) is 114 Å². The number of hydrogen-bond donors (Lipinski definition) is 1. The monoisotopic (exact) mass is 507 g/mol. The van der Waals surface area contributed by atoms with Crippen molar-refractivity contribution in [3.8, 4) is 6.07 Å². The van der Waals surface area contributed by atoms with Crippen LogP contribution in [0.1, 0.15) is 49.8 Å². The predicted octanol–water partition coefficient (Wildman–Crippen LogP) is 1.96. The highest BCUT2D eigenvalue weighted by Crippen LogP contribution is 2.27. The summed E-state index contributed by atoms with van der Waals surface area (Å²) < 4.78 is 40.7. The lowest BCUT2D eigenvalue weighted by Gasteiger charge is -2.40. The van der Waals surface area contributed by atoms with E-state index in [9.17, 15) is 22.4 Å². The van der Waals surface area contributed by atoms with Gasteiger partial charge in [-0.05, 0) is 56.7 Å². The quantitative estimate of drug-likeness (QED) is 0.592. The lowest BCUT2D eigenvalue weighted by Crippen LogP contribution is -2.57. The van der Waals surface area contributed by atoms with Gasteiger partial charge >= 0.3 is 0 Å². The van der Waals surface area contributed by atoms with Gasteiger partial charge in [0.05, 0.1) is 23.9 Å². The normalized spacial score (nSPS) is 22.3. The Bertz CT molecular complexity index is 1050. The molecule has 9 nitrogen and oxygen atoms in total. The number of amides is 2. The van der Waals surface area contributed by atoms with Gasteiger partial charge in [-0.15, -0.1) is 0 Å². The van der Waals surface area contributed by atoms with Crippen molar-refractivity contribution in [2.75, 3.05) is 39.3 Å². The lowest BCUT2D eigenvalue weighted by atomic mass is 9.98. The van der Waals surface area contributed by atoms with Crippen LogP contribution in [0.2, 0.25) is 0 Å². The molecule has 3 fully saturated rings. The van der Waals surface area contributed by atoms with Gasteiger partial charge in [0, 0.05) is 39.3 Å². The summed E-state index contributed by atoms with van der Waals surface area (Å²) in [7, 11) is -3.51. The van der Waals surface area contributed by atoms with E-state index >= 15 is 0 Å². The zero-order valence-electron chi connectivity index (χ0n) is 20.3. The Kier molecular flexibility index (Phi) is 9.21. The number of aryl methyl sites for hydroxylation is 1. The summed E-state index contributed by atoms with van der Waals surface area (Å²) in [5.74, 6) is -0.519. The minimum Gasteiger partial charge on any atom is -0.352 e. The standard InChI is InChI=1S/C14H22N4O3S.C10H12FNO/c15-8-12-9-18(10-12)22(20,21)17-7-3-4-13(11-17)14(19)16-5-1-2-6-16;1-7-5-9(3-4-10(7)11)8(2)12-6-13/h12-13H,1-7,9-11H2;3-6,8H,1-2H3,(H,12,13)/t13-;/m0./s1. The Hall–Kier alpha value is -2.55. The van der Waals surface area contributed by atoms with Gasteiger partial charge in [0.1, 0.15) is 5.82 Å². The zero-order valence-corrected chi connectivity index (χ0v) is 21.1. The Balaban J connectivity index is 0.000000225. The third kappa shape index (κ3) is 6.57. The van der Waals surface area contributed by atoms with Crippen molar-refractivity contribution >= 4 is 22.5 Å². The summed E-state index contributed by atoms with van der Waals surface area (Å²) in [6.45, 7) is 6.47. The summed E-state index contributed by atoms with van der Waals surface area (Å²) in [5.41, 5.74) is 1.50. The molecular formula is C24H34FN5O4S. The fraction of sp³-hybridized carbons (Fsp3) is 0.625. The Morgan fingerprint density at radius 3 is 2.46 bits per heavy atom. The summed E-state index contributed by atoms with van der Waals surface area (Å²) in [4.78, 5) is 24.5. The Labute approximate surface area is 207 Å². The average Bonchev–Trinajstić information content (AvgIpc) is 3.35. The molecule has 4 rings (SSSR count). The molecule has 3 aliphatic heterocycles. The molecule has 0 bridgehead atoms. The van der Waals surface area contributed by atoms with E-state index in [0.29, 0.717) is 18.5 Å². The number of rotatable bonds is 6. The van der Waals surface area contributed by atoms with E-state index in [2.05, 4.69) is 11.4 Å². The van der Waals surface area contributed by atoms with Gasteiger partial charge in [0.2, 0.25) is 12.3 Å². The first-order valence-electron chi connectivity index (χ1n) is 12.1. The second-order valence-electron chi connectivity index (χ2n) is 9.40. The highest BCUT2D eigenvalue weighted by atomic mass is 32.2. The molecule has 0 radical (unpaired) electrons. The fourth-order valence-electron chi connectivity index (χ4n) is 4.56. The average molecular weight is 508 g/mol. The molecule has 1 unspecified atom stereocenters. The predicted molar refractivity (Wildman–Crippen MR) is 128 cm³/mol. The smallest absolute Gasteiger partial charge is 0.282 e. The fourth-order valence-corrected chi connectivity index (χ4v) is 6.35. The van der Waals surface area contributed by atoms with Gasteiger partial charge < -0.3 is 10.2 Å². The first kappa shape index (κ1) is 27.0. The van der Waals surface area contributed by atoms with Crippen molar-refractivity contribution in [2.45, 2.75) is 45.6 Å². The lowest BCUT2D eigenvalue weighted by molar-refractivity contribution is -0.135. The molecule has 1 N–H and O–H groups in total. The number of piperidine rings is 1. The van der Waals surface area contributed by atoms with Crippen molar-refractivity contribution in [1.82, 2.24) is 18.8 Å². The van der Waals surface area contributed by atoms with E-state index < -0.39 is 10.2 Å². The minimum atomic E-state index is -3.51. The molecule has 192 valence electrons. The van der Waals surface area contributed by atoms with E-state index in [1.54, 1.807) is 19.1 Å². The molecule has 3 saturated heterocycles. The van der Waals surface area contributed by atoms with Crippen LogP contribution in [0, 0.1) is 35.9 Å². The van der Waals surface area contributed by atoms with Gasteiger partial charge in [0.15, 0.2) is 0 Å². The van der Waals surface area contributed by atoms with Gasteiger partial charge in [0.25, 0.3) is 10.2 Å². The van der Waals surface area contributed by atoms with Crippen LogP contribution in [0.4, 0.5) is 4.39 Å². The van der Waals surface area contributed by atoms with Crippen LogP contribution in [0.5, 0.6) is 0 Å². The van der Waals surface area contributed by atoms with Crippen molar-refractivity contribution in [1.29, 1.82) is 5.26 Å². The Morgan fingerprint density at radius 2 is 1.86 bits per heavy atom. The van der Waals surface area contributed by atoms with Crippen molar-refractivity contribution in [2.24, 2.45) is 11.8 Å². The number of hydrogen-bond acceptors (Lipinski definition) is 5. The molecular weight excluding hydrogens is 473 g/mol. The number of nitrogens with zero attached hydrogens (tertiary/aromatic N) is 4. The highest BCUT2D eigenvalue weighted by molar-refractivity contribution is 7.86. The zero-order chi connectivity index (χ0) is 25.6. The number of benzene rings is 1. The molecule has 3 heterocycles. The van der Waals surface area contributed by atoms with Gasteiger partial charge in [-0.2, -0.15) is 22.3 Å². The number of carbonyl (C=O) groups excluding carboxylic acids is 2. The molecule has 0 aromatic heterocycles. The second-order valence-corrected chi connectivity index (χ2v) is 11.3. The number of nitriles is 1. The highest BCUT2D eigenvalue weighted by Gasteiger charge is 2.42. The van der Waals surface area contributed by atoms with E-state index in [-0.39, 0.29) is 49.2 Å². The van der Waals surface area contributed by atoms with Crippen molar-refractivity contribution < 1.29 is 22.4 Å². The van der Waals surface area contributed by atoms with E-state index in [4.69, 9.17) is 5.26 Å². The summed E-state index contributed by atoms with van der Waals surface area (Å²) in [6.07, 6.45) is 4.22. The molecule has 11 heteroatoms. The van der Waals surface area contributed by atoms with Crippen LogP contribution in [-0.4, -0.2) is 73.5 Å². The van der Waals surface area contributed by atoms with Crippen molar-refractivity contribution in [3.05, 3.63) is 35.1 Å². The number of nitrogens with one attached hydrogen (secondary N) is 1. The van der Waals surface area contributed by atoms with Gasteiger partial charge in [-0.1, -0.05) is 12.1 Å². The molecule has 1 aromatic rings. The van der Waals surface area contributed by atoms with Crippen LogP contribution in [0.3, 0.4) is 0 Å². The Morgan fingerprint density at radius 1 is 1.17 bits per heavy atom. The molecule has 0 aliphatic carbocycles. The molecule has 0 spiro atoms. The number of carbonyl (C=O) groups is 2. The largest absolute Gasteiger partial charge is 0.352 e. The van der Waals surface area contributed by atoms with Crippen LogP contribution >= 0.6 is 0 Å². The van der Waals surface area contributed by atoms with Crippen molar-refractivity contribution in [3.63, 3.8) is 0 Å². The molecule has 0 saturated carbocycles. The van der Waals surface area contributed by atoms with Gasteiger partial charge in [-0.3, -0.25) is 9.59 Å². The third-order valence-electron chi connectivity index (χ3n) is 6.83. The molecule has 2 amide bonds. The molecule has 1 aromatic carbocycles. The maximum absolute atomic E-state index is 12.9. The third-order valence-corrected chi connectivity index (χ3v) is 8.77. The maximum Gasteiger partial charge on any atom is 0.282 e. The van der Waals surface area contributed by atoms with E-state index in [0.717, 1.165) is 44.3 Å². The number of likely N-dealkylation sites (tertiary alicyclic amines) is 1. The minimum absolute atomic E-state index is 0.0724. The maximum atomic E-state index is 12.9. The molecule has 2 atom stereocenters. The summed E-state index contributed by atoms with van der Waals surface area (Å²) in [5, 5.41) is 11.4. The van der Waals surface area contributed by atoms with E-state index in [1.165, 1.54) is 14.7 Å². The van der Waals surface area contributed by atoms with Crippen LogP contribution in [-0.2, 0) is 19.8 Å². The summed E-state index contributed by atoms with van der Waals surface area (Å²) >= 11 is 0. The second kappa shape index (κ2) is 11.9. The van der Waals surface area contributed by atoms with Crippen LogP contribution in [0.15, 0.2) is 18.2 Å². The first-order valence-corrected chi connectivity index (χ1v) is 13.5. The van der Waals surface area contributed by atoms with E-state index in [1.807, 2.05) is 11.8 Å². The summed E-state index contributed by atoms with van der Waals surface area (Å²) in [6, 6.07) is 6.83. The molecule has 35 heavy (non-hydrogen) atoms. The number of halogens is 1. The SMILES string of the molecule is Cc1cc(C(C)NC=O)ccc1F.N#CC1CN(S(=O)(=O)N2CCC[C@H](C(=O)N3CCCC3)C2)C1. The van der Waals surface area contributed by atoms with Gasteiger partial charge in [-0.25, -0.2) is 4.39 Å². The first-order chi connectivity index (χ1) is 16.7. The molecule has 3 aliphatic rings. The van der Waals surface area contributed by atoms with Crippen LogP contribution < -0.4 is 5.32 Å². The van der Waals surface area contributed by atoms with Crippen LogP contribution in [0.25, 0.3) is 0 Å².